The van der Waals surface area contributed by atoms with E-state index < -0.39 is 10.8 Å². The van der Waals surface area contributed by atoms with Gasteiger partial charge in [0.2, 0.25) is 5.91 Å². The molecule has 1 atom stereocenters. The molecule has 2 aromatic heterocycles. The van der Waals surface area contributed by atoms with Crippen molar-refractivity contribution >= 4 is 38.9 Å². The molecule has 1 saturated carbocycles. The second-order valence-corrected chi connectivity index (χ2v) is 12.0. The number of carbonyl (C=O) groups is 1. The molecule has 0 bridgehead atoms. The topological polar surface area (TPSA) is 116 Å². The number of H-pyrrole nitrogens is 1. The van der Waals surface area contributed by atoms with Crippen LogP contribution in [0.5, 0.6) is 0 Å². The molecule has 204 valence electrons. The third kappa shape index (κ3) is 5.08. The van der Waals surface area contributed by atoms with Gasteiger partial charge < -0.3 is 10.2 Å². The van der Waals surface area contributed by atoms with Crippen LogP contribution in [0.3, 0.4) is 0 Å². The molecule has 1 saturated heterocycles. The highest BCUT2D eigenvalue weighted by molar-refractivity contribution is 7.85. The summed E-state index contributed by atoms with van der Waals surface area (Å²) in [6, 6.07) is 11.8. The molecule has 6 rings (SSSR count). The lowest BCUT2D eigenvalue weighted by molar-refractivity contribution is -0.122. The number of carbonyl (C=O) groups excluding carboxylic acids is 1. The van der Waals surface area contributed by atoms with Crippen molar-refractivity contribution in [2.24, 2.45) is 0 Å². The van der Waals surface area contributed by atoms with E-state index in [4.69, 9.17) is 0 Å². The summed E-state index contributed by atoms with van der Waals surface area (Å²) < 4.78 is 15.1. The summed E-state index contributed by atoms with van der Waals surface area (Å²) >= 11 is 0. The Morgan fingerprint density at radius 2 is 1.90 bits per heavy atom. The van der Waals surface area contributed by atoms with E-state index in [9.17, 15) is 13.8 Å². The van der Waals surface area contributed by atoms with Crippen molar-refractivity contribution in [3.05, 3.63) is 57.9 Å². The first-order valence-electron chi connectivity index (χ1n) is 13.5. The van der Waals surface area contributed by atoms with Gasteiger partial charge in [-0.3, -0.25) is 14.5 Å². The lowest BCUT2D eigenvalue weighted by Crippen LogP contribution is -2.48. The van der Waals surface area contributed by atoms with Crippen molar-refractivity contribution in [2.45, 2.75) is 55.5 Å². The van der Waals surface area contributed by atoms with Crippen molar-refractivity contribution in [1.29, 1.82) is 0 Å². The fourth-order valence-electron chi connectivity index (χ4n) is 5.37. The van der Waals surface area contributed by atoms with Crippen molar-refractivity contribution in [3.63, 3.8) is 0 Å². The Bertz CT molecular complexity index is 1630. The Hall–Kier alpha value is -3.57. The van der Waals surface area contributed by atoms with Crippen LogP contribution in [0, 0.1) is 13.8 Å². The van der Waals surface area contributed by atoms with E-state index in [2.05, 4.69) is 30.4 Å². The zero-order valence-corrected chi connectivity index (χ0v) is 23.1. The van der Waals surface area contributed by atoms with Crippen LogP contribution in [-0.2, 0) is 15.6 Å². The number of nitrogens with one attached hydrogen (secondary N) is 2. The zero-order valence-electron chi connectivity index (χ0n) is 22.3. The molecule has 10 nitrogen and oxygen atoms in total. The molecular formula is C28H33N7O3S. The highest BCUT2D eigenvalue weighted by atomic mass is 32.2. The Kier molecular flexibility index (Phi) is 6.94. The number of anilines is 1. The molecule has 2 fully saturated rings. The number of aromatic amines is 1. The largest absolute Gasteiger partial charge is 0.369 e. The molecule has 1 aliphatic carbocycles. The number of hydrogen-bond donors (Lipinski definition) is 2. The monoisotopic (exact) mass is 547 g/mol. The van der Waals surface area contributed by atoms with E-state index in [1.165, 1.54) is 6.42 Å². The van der Waals surface area contributed by atoms with E-state index in [0.717, 1.165) is 62.4 Å². The quantitative estimate of drug-likeness (QED) is 0.365. The van der Waals surface area contributed by atoms with Crippen molar-refractivity contribution in [2.75, 3.05) is 37.6 Å². The van der Waals surface area contributed by atoms with Crippen molar-refractivity contribution in [3.8, 4) is 0 Å². The first kappa shape index (κ1) is 25.7. The molecule has 0 spiro atoms. The molecule has 2 aromatic carbocycles. The fourth-order valence-corrected chi connectivity index (χ4v) is 6.55. The predicted molar refractivity (Wildman–Crippen MR) is 151 cm³/mol. The zero-order chi connectivity index (χ0) is 27.1. The first-order valence-corrected chi connectivity index (χ1v) is 14.7. The molecule has 1 aliphatic heterocycles. The van der Waals surface area contributed by atoms with Gasteiger partial charge in [-0.1, -0.05) is 17.7 Å². The second kappa shape index (κ2) is 10.5. The van der Waals surface area contributed by atoms with Gasteiger partial charge >= 0.3 is 0 Å². The van der Waals surface area contributed by atoms with Gasteiger partial charge in [0.25, 0.3) is 5.56 Å². The van der Waals surface area contributed by atoms with Crippen LogP contribution in [0.25, 0.3) is 16.6 Å². The lowest BCUT2D eigenvalue weighted by Gasteiger charge is -2.36. The number of aryl methyl sites for hydroxylation is 2. The van der Waals surface area contributed by atoms with Gasteiger partial charge in [-0.25, -0.2) is 13.9 Å². The number of benzene rings is 2. The van der Waals surface area contributed by atoms with Crippen molar-refractivity contribution in [1.82, 2.24) is 30.0 Å². The summed E-state index contributed by atoms with van der Waals surface area (Å²) in [5, 5.41) is 11.1. The minimum absolute atomic E-state index is 0.150. The highest BCUT2D eigenvalue weighted by Gasteiger charge is 2.23. The molecule has 39 heavy (non-hydrogen) atoms. The minimum Gasteiger partial charge on any atom is -0.369 e. The first-order chi connectivity index (χ1) is 18.9. The maximum absolute atomic E-state index is 13.4. The van der Waals surface area contributed by atoms with E-state index in [-0.39, 0.29) is 22.1 Å². The third-order valence-electron chi connectivity index (χ3n) is 7.88. The van der Waals surface area contributed by atoms with Gasteiger partial charge in [0.15, 0.2) is 10.7 Å². The van der Waals surface area contributed by atoms with E-state index >= 15 is 0 Å². The maximum atomic E-state index is 13.4. The summed E-state index contributed by atoms with van der Waals surface area (Å²) in [6.45, 7) is 8.05. The van der Waals surface area contributed by atoms with Gasteiger partial charge in [-0.15, -0.1) is 5.10 Å². The molecular weight excluding hydrogens is 514 g/mol. The highest BCUT2D eigenvalue weighted by Crippen LogP contribution is 2.26. The number of piperazine rings is 1. The number of fused-ring (bicyclic) bond motifs is 3. The van der Waals surface area contributed by atoms with Crippen LogP contribution in [-0.4, -0.2) is 73.6 Å². The Balaban J connectivity index is 1.20. The number of rotatable bonds is 7. The minimum atomic E-state index is -1.59. The molecule has 2 N–H and O–H groups in total. The molecule has 4 aromatic rings. The van der Waals surface area contributed by atoms with E-state index in [1.54, 1.807) is 10.6 Å². The smallest absolute Gasteiger partial charge is 0.281 e. The van der Waals surface area contributed by atoms with Crippen LogP contribution >= 0.6 is 0 Å². The van der Waals surface area contributed by atoms with Crippen molar-refractivity contribution < 1.29 is 9.00 Å². The SMILES string of the molecule is Cc1ccc(S(=O)c2n[nH]n3c2nc(=O)c2ccc(N4CCN(CCC(=O)NC5CCC5)CC4)cc23)c(C)c1. The Morgan fingerprint density at radius 3 is 2.62 bits per heavy atom. The van der Waals surface area contributed by atoms with E-state index in [0.29, 0.717) is 28.3 Å². The average molecular weight is 548 g/mol. The molecule has 1 unspecified atom stereocenters. The summed E-state index contributed by atoms with van der Waals surface area (Å²) in [5.74, 6) is 0.150. The van der Waals surface area contributed by atoms with Gasteiger partial charge in [-0.2, -0.15) is 4.98 Å². The Labute approximate surface area is 228 Å². The summed E-state index contributed by atoms with van der Waals surface area (Å²) in [5.41, 5.74) is 3.53. The average Bonchev–Trinajstić information content (AvgIpc) is 3.33. The summed E-state index contributed by atoms with van der Waals surface area (Å²) in [7, 11) is -1.59. The normalized spacial score (nSPS) is 17.4. The molecule has 1 amide bonds. The molecule has 11 heteroatoms. The number of amides is 1. The number of aromatic nitrogens is 4. The number of nitrogens with zero attached hydrogens (tertiary/aromatic N) is 5. The summed E-state index contributed by atoms with van der Waals surface area (Å²) in [4.78, 5) is 34.6. The standard InChI is InChI=1S/C28H33N7O3S/c1-18-6-9-24(19(2)16-18)39(38)28-26-30-27(37)22-8-7-21(17-23(22)35(26)32-31-28)34-14-12-33(13-15-34)11-10-25(36)29-20-4-3-5-20/h6-9,16-17,20,32H,3-5,10-15H2,1-2H3,(H,29,36). The Morgan fingerprint density at radius 1 is 1.10 bits per heavy atom. The van der Waals surface area contributed by atoms with Crippen LogP contribution in [0.2, 0.25) is 0 Å². The van der Waals surface area contributed by atoms with Crippen LogP contribution in [0.4, 0.5) is 5.69 Å². The van der Waals surface area contributed by atoms with E-state index in [1.807, 2.05) is 44.2 Å². The summed E-state index contributed by atoms with van der Waals surface area (Å²) in [6.07, 6.45) is 3.96. The van der Waals surface area contributed by atoms with Gasteiger partial charge in [0.05, 0.1) is 10.9 Å². The molecule has 0 radical (unpaired) electrons. The fraction of sp³-hybridized carbons (Fsp3) is 0.429. The predicted octanol–water partition coefficient (Wildman–Crippen LogP) is 2.54. The lowest BCUT2D eigenvalue weighted by atomic mass is 9.93. The van der Waals surface area contributed by atoms with Gasteiger partial charge in [0.1, 0.15) is 10.8 Å². The van der Waals surface area contributed by atoms with Crippen LogP contribution in [0.15, 0.2) is 51.1 Å². The van der Waals surface area contributed by atoms with Gasteiger partial charge in [0, 0.05) is 55.8 Å². The molecule has 2 aliphatic rings. The number of hydrogen-bond acceptors (Lipinski definition) is 7. The molecule has 3 heterocycles. The maximum Gasteiger partial charge on any atom is 0.281 e. The second-order valence-electron chi connectivity index (χ2n) is 10.6. The third-order valence-corrected chi connectivity index (χ3v) is 9.37. The van der Waals surface area contributed by atoms with Gasteiger partial charge in [-0.05, 0) is 62.9 Å². The van der Waals surface area contributed by atoms with Crippen LogP contribution < -0.4 is 15.8 Å². The van der Waals surface area contributed by atoms with Crippen LogP contribution in [0.1, 0.15) is 36.8 Å².